The predicted octanol–water partition coefficient (Wildman–Crippen LogP) is 4.49. The van der Waals surface area contributed by atoms with E-state index in [1.165, 1.54) is 13.4 Å². The molecule has 0 spiro atoms. The van der Waals surface area contributed by atoms with Crippen LogP contribution in [-0.4, -0.2) is 37.6 Å². The summed E-state index contributed by atoms with van der Waals surface area (Å²) in [5.74, 6) is 0.719. The Bertz CT molecular complexity index is 1360. The SMILES string of the molecule is COc1nc(-c2ccccc2)n(Cc2ccc(-c3ccccc3)cc2S(C)(=O)=O)c1C=O. The number of sulfone groups is 1. The van der Waals surface area contributed by atoms with Gasteiger partial charge in [-0.05, 0) is 22.8 Å². The van der Waals surface area contributed by atoms with Crippen LogP contribution in [-0.2, 0) is 16.4 Å². The summed E-state index contributed by atoms with van der Waals surface area (Å²) in [6.07, 6.45) is 1.87. The molecule has 0 atom stereocenters. The van der Waals surface area contributed by atoms with Gasteiger partial charge in [-0.3, -0.25) is 4.79 Å². The van der Waals surface area contributed by atoms with Gasteiger partial charge in [0.05, 0.1) is 18.6 Å². The third kappa shape index (κ3) is 4.20. The van der Waals surface area contributed by atoms with Crippen LogP contribution in [0.1, 0.15) is 16.1 Å². The Labute approximate surface area is 187 Å². The normalized spacial score (nSPS) is 11.3. The third-order valence-electron chi connectivity index (χ3n) is 5.21. The molecule has 0 aliphatic carbocycles. The van der Waals surface area contributed by atoms with Crippen molar-refractivity contribution in [1.82, 2.24) is 9.55 Å². The molecule has 0 saturated heterocycles. The highest BCUT2D eigenvalue weighted by Gasteiger charge is 2.22. The summed E-state index contributed by atoms with van der Waals surface area (Å²) in [4.78, 5) is 16.6. The van der Waals surface area contributed by atoms with Crippen molar-refractivity contribution in [3.05, 3.63) is 90.1 Å². The minimum atomic E-state index is -3.53. The Morgan fingerprint density at radius 3 is 2.09 bits per heavy atom. The lowest BCUT2D eigenvalue weighted by atomic mass is 10.0. The van der Waals surface area contributed by atoms with Crippen molar-refractivity contribution in [2.45, 2.75) is 11.4 Å². The van der Waals surface area contributed by atoms with E-state index >= 15 is 0 Å². The van der Waals surface area contributed by atoms with Crippen molar-refractivity contribution in [2.75, 3.05) is 13.4 Å². The fourth-order valence-electron chi connectivity index (χ4n) is 3.69. The number of methoxy groups -OCH3 is 1. The second-order valence-electron chi connectivity index (χ2n) is 7.36. The molecule has 4 rings (SSSR count). The number of benzene rings is 3. The van der Waals surface area contributed by atoms with Gasteiger partial charge in [-0.15, -0.1) is 0 Å². The second kappa shape index (κ2) is 8.80. The van der Waals surface area contributed by atoms with Crippen LogP contribution in [0, 0.1) is 0 Å². The zero-order chi connectivity index (χ0) is 22.7. The minimum absolute atomic E-state index is 0.145. The quantitative estimate of drug-likeness (QED) is 0.391. The van der Waals surface area contributed by atoms with Gasteiger partial charge in [-0.2, -0.15) is 4.98 Å². The standard InChI is InChI=1S/C25H22N2O4S/c1-31-25-22(17-28)27(24(26-25)19-11-7-4-8-12-19)16-21-14-13-20(15-23(21)32(2,29)30)18-9-5-3-6-10-18/h3-15,17H,16H2,1-2H3. The maximum Gasteiger partial charge on any atom is 0.243 e. The fraction of sp³-hybridized carbons (Fsp3) is 0.120. The molecule has 1 heterocycles. The molecule has 162 valence electrons. The molecule has 0 aliphatic heterocycles. The highest BCUT2D eigenvalue weighted by Crippen LogP contribution is 2.30. The zero-order valence-electron chi connectivity index (χ0n) is 17.7. The first-order valence-corrected chi connectivity index (χ1v) is 11.8. The van der Waals surface area contributed by atoms with Crippen LogP contribution in [0.3, 0.4) is 0 Å². The molecule has 1 aromatic heterocycles. The summed E-state index contributed by atoms with van der Waals surface area (Å²) in [5, 5.41) is 0. The lowest BCUT2D eigenvalue weighted by Gasteiger charge is -2.14. The Balaban J connectivity index is 1.87. The molecule has 0 aliphatic rings. The average molecular weight is 447 g/mol. The Hall–Kier alpha value is -3.71. The highest BCUT2D eigenvalue weighted by atomic mass is 32.2. The number of hydrogen-bond acceptors (Lipinski definition) is 5. The molecule has 0 bridgehead atoms. The lowest BCUT2D eigenvalue weighted by molar-refractivity contribution is 0.111. The van der Waals surface area contributed by atoms with E-state index in [2.05, 4.69) is 4.98 Å². The number of ether oxygens (including phenoxy) is 1. The summed E-state index contributed by atoms with van der Waals surface area (Å²) in [7, 11) is -2.08. The van der Waals surface area contributed by atoms with Gasteiger partial charge in [0.15, 0.2) is 16.1 Å². The highest BCUT2D eigenvalue weighted by molar-refractivity contribution is 7.90. The molecule has 0 radical (unpaired) electrons. The predicted molar refractivity (Wildman–Crippen MR) is 124 cm³/mol. The van der Waals surface area contributed by atoms with E-state index in [9.17, 15) is 13.2 Å². The van der Waals surface area contributed by atoms with E-state index < -0.39 is 9.84 Å². The molecule has 4 aromatic rings. The Kier molecular flexibility index (Phi) is 5.92. The van der Waals surface area contributed by atoms with E-state index in [-0.39, 0.29) is 23.0 Å². The Morgan fingerprint density at radius 2 is 1.53 bits per heavy atom. The van der Waals surface area contributed by atoms with Gasteiger partial charge in [0, 0.05) is 11.8 Å². The number of hydrogen-bond donors (Lipinski definition) is 0. The van der Waals surface area contributed by atoms with Gasteiger partial charge >= 0.3 is 0 Å². The molecule has 0 amide bonds. The number of aldehydes is 1. The molecular weight excluding hydrogens is 424 g/mol. The summed E-state index contributed by atoms with van der Waals surface area (Å²) in [6, 6.07) is 24.3. The van der Waals surface area contributed by atoms with Crippen LogP contribution < -0.4 is 4.74 Å². The van der Waals surface area contributed by atoms with Crippen LogP contribution in [0.2, 0.25) is 0 Å². The number of aromatic nitrogens is 2. The van der Waals surface area contributed by atoms with Gasteiger partial charge in [0.1, 0.15) is 11.5 Å². The van der Waals surface area contributed by atoms with Gasteiger partial charge in [-0.25, -0.2) is 8.42 Å². The Morgan fingerprint density at radius 1 is 0.906 bits per heavy atom. The van der Waals surface area contributed by atoms with Gasteiger partial charge in [0.25, 0.3) is 0 Å². The van der Waals surface area contributed by atoms with Crippen molar-refractivity contribution in [3.8, 4) is 28.4 Å². The molecule has 0 fully saturated rings. The molecule has 0 saturated carbocycles. The summed E-state index contributed by atoms with van der Waals surface area (Å²) >= 11 is 0. The molecule has 7 heteroatoms. The number of imidazole rings is 1. The van der Waals surface area contributed by atoms with E-state index in [0.29, 0.717) is 17.7 Å². The van der Waals surface area contributed by atoms with Crippen molar-refractivity contribution < 1.29 is 17.9 Å². The maximum atomic E-state index is 12.7. The van der Waals surface area contributed by atoms with Crippen molar-refractivity contribution >= 4 is 16.1 Å². The van der Waals surface area contributed by atoms with Crippen molar-refractivity contribution in [3.63, 3.8) is 0 Å². The number of rotatable bonds is 7. The maximum absolute atomic E-state index is 12.7. The molecule has 32 heavy (non-hydrogen) atoms. The van der Waals surface area contributed by atoms with E-state index in [4.69, 9.17) is 4.74 Å². The molecule has 0 N–H and O–H groups in total. The summed E-state index contributed by atoms with van der Waals surface area (Å²) < 4.78 is 32.4. The van der Waals surface area contributed by atoms with Crippen molar-refractivity contribution in [2.24, 2.45) is 0 Å². The van der Waals surface area contributed by atoms with Crippen LogP contribution in [0.25, 0.3) is 22.5 Å². The van der Waals surface area contributed by atoms with Crippen LogP contribution in [0.5, 0.6) is 5.88 Å². The first kappa shape index (κ1) is 21.5. The lowest BCUT2D eigenvalue weighted by Crippen LogP contribution is -2.11. The molecule has 0 unspecified atom stereocenters. The first-order chi connectivity index (χ1) is 15.4. The van der Waals surface area contributed by atoms with E-state index in [1.807, 2.05) is 66.7 Å². The number of nitrogens with zero attached hydrogens (tertiary/aromatic N) is 2. The number of carbonyl (C=O) groups excluding carboxylic acids is 1. The number of carbonyl (C=O) groups is 1. The zero-order valence-corrected chi connectivity index (χ0v) is 18.5. The van der Waals surface area contributed by atoms with E-state index in [1.54, 1.807) is 16.7 Å². The van der Waals surface area contributed by atoms with Crippen LogP contribution in [0.4, 0.5) is 0 Å². The smallest absolute Gasteiger partial charge is 0.243 e. The van der Waals surface area contributed by atoms with Crippen molar-refractivity contribution in [1.29, 1.82) is 0 Å². The average Bonchev–Trinajstić information content (AvgIpc) is 3.17. The third-order valence-corrected chi connectivity index (χ3v) is 6.39. The second-order valence-corrected chi connectivity index (χ2v) is 9.34. The monoisotopic (exact) mass is 446 g/mol. The van der Waals surface area contributed by atoms with Gasteiger partial charge in [-0.1, -0.05) is 72.8 Å². The molecule has 6 nitrogen and oxygen atoms in total. The topological polar surface area (TPSA) is 78.3 Å². The van der Waals surface area contributed by atoms with E-state index in [0.717, 1.165) is 16.7 Å². The fourth-order valence-corrected chi connectivity index (χ4v) is 4.64. The molecule has 3 aromatic carbocycles. The summed E-state index contributed by atoms with van der Waals surface area (Å²) in [5.41, 5.74) is 3.33. The minimum Gasteiger partial charge on any atom is -0.479 e. The van der Waals surface area contributed by atoms with Gasteiger partial charge < -0.3 is 9.30 Å². The van der Waals surface area contributed by atoms with Gasteiger partial charge in [0.2, 0.25) is 5.88 Å². The van der Waals surface area contributed by atoms with Crippen LogP contribution >= 0.6 is 0 Å². The first-order valence-electron chi connectivity index (χ1n) is 9.96. The largest absolute Gasteiger partial charge is 0.479 e. The summed E-state index contributed by atoms with van der Waals surface area (Å²) in [6.45, 7) is 0.145. The van der Waals surface area contributed by atoms with Crippen LogP contribution in [0.15, 0.2) is 83.8 Å². The molecular formula is C25H22N2O4S.